The Bertz CT molecular complexity index is 563. The van der Waals surface area contributed by atoms with Crippen molar-refractivity contribution in [2.75, 3.05) is 0 Å². The van der Waals surface area contributed by atoms with Crippen LogP contribution in [0.5, 0.6) is 0 Å². The molecule has 0 aromatic heterocycles. The maximum absolute atomic E-state index is 2.49. The van der Waals surface area contributed by atoms with E-state index < -0.39 is 13.3 Å². The van der Waals surface area contributed by atoms with Gasteiger partial charge in [0.05, 0.1) is 0 Å². The van der Waals surface area contributed by atoms with E-state index in [-0.39, 0.29) is 0 Å². The Morgan fingerprint density at radius 1 is 0.450 bits per heavy atom. The first-order valence-electron chi connectivity index (χ1n) is 6.98. The molecule has 3 aromatic carbocycles. The third-order valence-corrected chi connectivity index (χ3v) is 13.4. The van der Waals surface area contributed by atoms with Crippen LogP contribution in [0.2, 0.25) is 5.76 Å². The fraction of sp³-hybridized carbons (Fsp3) is 0.0526. The van der Waals surface area contributed by atoms with E-state index in [4.69, 9.17) is 0 Å². The molecule has 0 fully saturated rings. The summed E-state index contributed by atoms with van der Waals surface area (Å²) in [5.41, 5.74) is 0. The average Bonchev–Trinajstić information content (AvgIpc) is 2.56. The molecule has 0 heterocycles. The Hall–Kier alpha value is -1.80. The SMILES string of the molecule is [CH3][Ge]([c]1ccccc1)([c]1ccccc1)[c]1ccccc1. The summed E-state index contributed by atoms with van der Waals surface area (Å²) in [4.78, 5) is 0. The second-order valence-corrected chi connectivity index (χ2v) is 13.6. The van der Waals surface area contributed by atoms with Crippen molar-refractivity contribution in [2.24, 2.45) is 0 Å². The molecule has 0 amide bonds. The molecule has 98 valence electrons. The summed E-state index contributed by atoms with van der Waals surface area (Å²) in [6, 6.07) is 33.0. The van der Waals surface area contributed by atoms with Crippen molar-refractivity contribution < 1.29 is 0 Å². The quantitative estimate of drug-likeness (QED) is 0.651. The van der Waals surface area contributed by atoms with Crippen molar-refractivity contribution in [1.82, 2.24) is 0 Å². The molecule has 1 heteroatoms. The van der Waals surface area contributed by atoms with Gasteiger partial charge in [-0.25, -0.2) is 0 Å². The summed E-state index contributed by atoms with van der Waals surface area (Å²) >= 11 is -2.49. The van der Waals surface area contributed by atoms with Crippen LogP contribution in [0.4, 0.5) is 0 Å². The summed E-state index contributed by atoms with van der Waals surface area (Å²) in [5, 5.41) is 0. The number of hydrogen-bond acceptors (Lipinski definition) is 0. The van der Waals surface area contributed by atoms with E-state index >= 15 is 0 Å². The van der Waals surface area contributed by atoms with Crippen LogP contribution in [0.15, 0.2) is 91.0 Å². The van der Waals surface area contributed by atoms with E-state index in [0.29, 0.717) is 0 Å². The van der Waals surface area contributed by atoms with Gasteiger partial charge in [0.25, 0.3) is 0 Å². The summed E-state index contributed by atoms with van der Waals surface area (Å²) < 4.78 is 4.51. The molecule has 0 aliphatic rings. The fourth-order valence-electron chi connectivity index (χ4n) is 2.81. The van der Waals surface area contributed by atoms with Gasteiger partial charge in [0.1, 0.15) is 0 Å². The maximum atomic E-state index is 2.49. The van der Waals surface area contributed by atoms with Crippen molar-refractivity contribution >= 4 is 26.5 Å². The summed E-state index contributed by atoms with van der Waals surface area (Å²) in [6.07, 6.45) is 0. The molecule has 20 heavy (non-hydrogen) atoms. The van der Waals surface area contributed by atoms with E-state index in [0.717, 1.165) is 0 Å². The number of hydrogen-bond donors (Lipinski definition) is 0. The Labute approximate surface area is 123 Å². The molecule has 0 radical (unpaired) electrons. The van der Waals surface area contributed by atoms with Gasteiger partial charge in [0.2, 0.25) is 0 Å². The average molecular weight is 319 g/mol. The molecule has 0 unspecified atom stereocenters. The van der Waals surface area contributed by atoms with Crippen LogP contribution in [0.3, 0.4) is 0 Å². The van der Waals surface area contributed by atoms with Crippen LogP contribution < -0.4 is 13.2 Å². The molecule has 0 spiro atoms. The Balaban J connectivity index is 2.24. The first-order chi connectivity index (χ1) is 9.82. The van der Waals surface area contributed by atoms with E-state index in [2.05, 4.69) is 96.8 Å². The summed E-state index contributed by atoms with van der Waals surface area (Å²) in [6.45, 7) is 0. The Kier molecular flexibility index (Phi) is 3.75. The molecule has 0 nitrogen and oxygen atoms in total. The second-order valence-electron chi connectivity index (χ2n) is 5.22. The van der Waals surface area contributed by atoms with Gasteiger partial charge in [-0.3, -0.25) is 0 Å². The standard InChI is InChI=1S/C19H18Ge/c1-20(17-11-5-2-6-12-17,18-13-7-3-8-14-18)19-15-9-4-10-16-19/h2-16H,1H3. The van der Waals surface area contributed by atoms with Crippen molar-refractivity contribution in [3.63, 3.8) is 0 Å². The molecule has 3 aromatic rings. The predicted molar refractivity (Wildman–Crippen MR) is 89.8 cm³/mol. The molecule has 0 aliphatic carbocycles. The number of benzene rings is 3. The van der Waals surface area contributed by atoms with E-state index in [1.807, 2.05) is 0 Å². The van der Waals surface area contributed by atoms with Gasteiger partial charge in [-0.15, -0.1) is 0 Å². The summed E-state index contributed by atoms with van der Waals surface area (Å²) in [7, 11) is 0. The topological polar surface area (TPSA) is 0 Å². The van der Waals surface area contributed by atoms with Gasteiger partial charge >= 0.3 is 123 Å². The van der Waals surface area contributed by atoms with Crippen LogP contribution in [0.25, 0.3) is 0 Å². The predicted octanol–water partition coefficient (Wildman–Crippen LogP) is 2.79. The Morgan fingerprint density at radius 3 is 0.950 bits per heavy atom. The van der Waals surface area contributed by atoms with Crippen molar-refractivity contribution in [3.05, 3.63) is 91.0 Å². The number of rotatable bonds is 3. The minimum atomic E-state index is -2.49. The van der Waals surface area contributed by atoms with Crippen LogP contribution >= 0.6 is 0 Å². The summed E-state index contributed by atoms with van der Waals surface area (Å²) in [5.74, 6) is 2.49. The van der Waals surface area contributed by atoms with Crippen LogP contribution in [0.1, 0.15) is 0 Å². The van der Waals surface area contributed by atoms with Gasteiger partial charge in [0, 0.05) is 0 Å². The molecule has 0 saturated carbocycles. The van der Waals surface area contributed by atoms with Gasteiger partial charge in [-0.2, -0.15) is 0 Å². The zero-order valence-electron chi connectivity index (χ0n) is 11.7. The zero-order chi connectivity index (χ0) is 13.8. The third kappa shape index (κ3) is 2.32. The van der Waals surface area contributed by atoms with Gasteiger partial charge < -0.3 is 0 Å². The van der Waals surface area contributed by atoms with Gasteiger partial charge in [-0.05, 0) is 0 Å². The van der Waals surface area contributed by atoms with Crippen LogP contribution in [0, 0.1) is 0 Å². The minimum absolute atomic E-state index is 1.50. The van der Waals surface area contributed by atoms with Crippen molar-refractivity contribution in [2.45, 2.75) is 5.76 Å². The molecular weight excluding hydrogens is 301 g/mol. The molecule has 3 rings (SSSR count). The van der Waals surface area contributed by atoms with E-state index in [9.17, 15) is 0 Å². The van der Waals surface area contributed by atoms with Gasteiger partial charge in [-0.1, -0.05) is 0 Å². The molecule has 0 bridgehead atoms. The molecular formula is C19H18Ge. The molecule has 0 saturated heterocycles. The monoisotopic (exact) mass is 320 g/mol. The van der Waals surface area contributed by atoms with Crippen LogP contribution in [-0.4, -0.2) is 13.3 Å². The van der Waals surface area contributed by atoms with Gasteiger partial charge in [0.15, 0.2) is 0 Å². The Morgan fingerprint density at radius 2 is 0.700 bits per heavy atom. The molecule has 0 atom stereocenters. The first-order valence-corrected chi connectivity index (χ1v) is 12.2. The fourth-order valence-corrected chi connectivity index (χ4v) is 10.3. The normalized spacial score (nSPS) is 11.2. The van der Waals surface area contributed by atoms with Crippen LogP contribution in [-0.2, 0) is 0 Å². The molecule has 0 N–H and O–H groups in total. The van der Waals surface area contributed by atoms with E-state index in [1.54, 1.807) is 0 Å². The second kappa shape index (κ2) is 5.68. The van der Waals surface area contributed by atoms with E-state index in [1.165, 1.54) is 13.2 Å². The zero-order valence-corrected chi connectivity index (χ0v) is 13.8. The first kappa shape index (κ1) is 13.2. The molecule has 0 aliphatic heterocycles. The third-order valence-electron chi connectivity index (χ3n) is 4.05. The van der Waals surface area contributed by atoms with Crippen molar-refractivity contribution in [3.8, 4) is 0 Å². The van der Waals surface area contributed by atoms with Crippen molar-refractivity contribution in [1.29, 1.82) is 0 Å².